The second-order valence-electron chi connectivity index (χ2n) is 7.22. The standard InChI is InChI=1S/C21H24N2O5/c1-21(2,3)28-20(27)23-17-7-5-4-6-16(17)22-19(26)15-11-8-14(9-12-15)10-13-18(24)25/h4-9,11-12H,10,13H2,1-3H3,(H,22,26)(H,23,27)(H,24,25). The maximum Gasteiger partial charge on any atom is 0.412 e. The lowest BCUT2D eigenvalue weighted by Gasteiger charge is -2.20. The molecule has 0 saturated carbocycles. The molecule has 0 aliphatic carbocycles. The highest BCUT2D eigenvalue weighted by molar-refractivity contribution is 6.06. The summed E-state index contributed by atoms with van der Waals surface area (Å²) in [6.45, 7) is 5.29. The Morgan fingerprint density at radius 2 is 1.50 bits per heavy atom. The summed E-state index contributed by atoms with van der Waals surface area (Å²) in [6.07, 6.45) is -0.174. The number of carboxylic acids is 1. The van der Waals surface area contributed by atoms with Crippen LogP contribution in [0.1, 0.15) is 43.1 Å². The van der Waals surface area contributed by atoms with Crippen molar-refractivity contribution in [1.29, 1.82) is 0 Å². The van der Waals surface area contributed by atoms with Crippen LogP contribution in [0.3, 0.4) is 0 Å². The Balaban J connectivity index is 2.06. The molecule has 2 aromatic carbocycles. The largest absolute Gasteiger partial charge is 0.481 e. The Kier molecular flexibility index (Phi) is 6.76. The summed E-state index contributed by atoms with van der Waals surface area (Å²) in [5, 5.41) is 14.1. The Bertz CT molecular complexity index is 854. The van der Waals surface area contributed by atoms with Crippen LogP contribution < -0.4 is 10.6 Å². The summed E-state index contributed by atoms with van der Waals surface area (Å²) >= 11 is 0. The van der Waals surface area contributed by atoms with Gasteiger partial charge in [0.15, 0.2) is 0 Å². The van der Waals surface area contributed by atoms with Crippen LogP contribution in [0.2, 0.25) is 0 Å². The second-order valence-corrected chi connectivity index (χ2v) is 7.22. The molecule has 0 bridgehead atoms. The van der Waals surface area contributed by atoms with Gasteiger partial charge in [-0.1, -0.05) is 24.3 Å². The van der Waals surface area contributed by atoms with E-state index in [-0.39, 0.29) is 12.3 Å². The SMILES string of the molecule is CC(C)(C)OC(=O)Nc1ccccc1NC(=O)c1ccc(CCC(=O)O)cc1. The number of aliphatic carboxylic acids is 1. The van der Waals surface area contributed by atoms with Gasteiger partial charge in [0.2, 0.25) is 0 Å². The number of rotatable bonds is 6. The van der Waals surface area contributed by atoms with E-state index in [4.69, 9.17) is 9.84 Å². The average molecular weight is 384 g/mol. The van der Waals surface area contributed by atoms with E-state index in [2.05, 4.69) is 10.6 Å². The minimum absolute atomic E-state index is 0.0370. The fraction of sp³-hybridized carbons (Fsp3) is 0.286. The van der Waals surface area contributed by atoms with Crippen LogP contribution in [0.25, 0.3) is 0 Å². The second kappa shape index (κ2) is 9.03. The number of para-hydroxylation sites is 2. The molecule has 0 unspecified atom stereocenters. The highest BCUT2D eigenvalue weighted by atomic mass is 16.6. The third-order valence-corrected chi connectivity index (χ3v) is 3.65. The first-order valence-electron chi connectivity index (χ1n) is 8.85. The van der Waals surface area contributed by atoms with Gasteiger partial charge in [0, 0.05) is 12.0 Å². The number of amides is 2. The molecule has 0 aliphatic rings. The molecule has 148 valence electrons. The van der Waals surface area contributed by atoms with Crippen molar-refractivity contribution >= 4 is 29.3 Å². The summed E-state index contributed by atoms with van der Waals surface area (Å²) in [5.41, 5.74) is 1.48. The maximum atomic E-state index is 12.5. The van der Waals surface area contributed by atoms with Gasteiger partial charge in [-0.05, 0) is 57.0 Å². The topological polar surface area (TPSA) is 105 Å². The zero-order valence-corrected chi connectivity index (χ0v) is 16.1. The number of benzene rings is 2. The van der Waals surface area contributed by atoms with Gasteiger partial charge in [-0.25, -0.2) is 4.79 Å². The Labute approximate surface area is 163 Å². The Morgan fingerprint density at radius 3 is 2.04 bits per heavy atom. The minimum atomic E-state index is -0.865. The van der Waals surface area contributed by atoms with Crippen molar-refractivity contribution in [2.75, 3.05) is 10.6 Å². The summed E-state index contributed by atoms with van der Waals surface area (Å²) in [7, 11) is 0. The summed E-state index contributed by atoms with van der Waals surface area (Å²) in [6, 6.07) is 13.5. The van der Waals surface area contributed by atoms with Crippen molar-refractivity contribution in [3.63, 3.8) is 0 Å². The molecule has 3 N–H and O–H groups in total. The van der Waals surface area contributed by atoms with E-state index in [1.807, 2.05) is 0 Å². The first-order valence-corrected chi connectivity index (χ1v) is 8.85. The fourth-order valence-electron chi connectivity index (χ4n) is 2.38. The van der Waals surface area contributed by atoms with Crippen LogP contribution >= 0.6 is 0 Å². The van der Waals surface area contributed by atoms with Crippen LogP contribution in [0, 0.1) is 0 Å². The first-order chi connectivity index (χ1) is 13.1. The molecule has 0 atom stereocenters. The van der Waals surface area contributed by atoms with Gasteiger partial charge in [-0.3, -0.25) is 14.9 Å². The molecule has 0 spiro atoms. The van der Waals surface area contributed by atoms with Gasteiger partial charge in [-0.15, -0.1) is 0 Å². The molecule has 0 aromatic heterocycles. The number of anilines is 2. The summed E-state index contributed by atoms with van der Waals surface area (Å²) in [4.78, 5) is 35.1. The molecule has 7 nitrogen and oxygen atoms in total. The molecule has 7 heteroatoms. The van der Waals surface area contributed by atoms with E-state index in [0.717, 1.165) is 5.56 Å². The molecule has 2 rings (SSSR count). The van der Waals surface area contributed by atoms with E-state index in [0.29, 0.717) is 23.4 Å². The number of aryl methyl sites for hydroxylation is 1. The normalized spacial score (nSPS) is 10.8. The molecule has 28 heavy (non-hydrogen) atoms. The van der Waals surface area contributed by atoms with Crippen LogP contribution in [0.15, 0.2) is 48.5 Å². The molecular formula is C21H24N2O5. The van der Waals surface area contributed by atoms with Crippen molar-refractivity contribution in [2.45, 2.75) is 39.2 Å². The van der Waals surface area contributed by atoms with E-state index in [1.165, 1.54) is 0 Å². The lowest BCUT2D eigenvalue weighted by molar-refractivity contribution is -0.136. The highest BCUT2D eigenvalue weighted by Gasteiger charge is 2.17. The number of nitrogens with one attached hydrogen (secondary N) is 2. The van der Waals surface area contributed by atoms with Crippen LogP contribution in [-0.2, 0) is 16.0 Å². The van der Waals surface area contributed by atoms with Gasteiger partial charge in [-0.2, -0.15) is 0 Å². The minimum Gasteiger partial charge on any atom is -0.481 e. The number of hydrogen-bond donors (Lipinski definition) is 3. The smallest absolute Gasteiger partial charge is 0.412 e. The van der Waals surface area contributed by atoms with Gasteiger partial charge < -0.3 is 15.2 Å². The molecular weight excluding hydrogens is 360 g/mol. The van der Waals surface area contributed by atoms with Gasteiger partial charge >= 0.3 is 12.1 Å². The quantitative estimate of drug-likeness (QED) is 0.689. The predicted molar refractivity (Wildman–Crippen MR) is 107 cm³/mol. The molecule has 2 amide bonds. The Hall–Kier alpha value is -3.35. The molecule has 2 aromatic rings. The number of ether oxygens (including phenoxy) is 1. The van der Waals surface area contributed by atoms with E-state index in [9.17, 15) is 14.4 Å². The highest BCUT2D eigenvalue weighted by Crippen LogP contribution is 2.23. The van der Waals surface area contributed by atoms with Crippen molar-refractivity contribution < 1.29 is 24.2 Å². The fourth-order valence-corrected chi connectivity index (χ4v) is 2.38. The third kappa shape index (κ3) is 6.75. The summed E-state index contributed by atoms with van der Waals surface area (Å²) < 4.78 is 5.23. The zero-order valence-electron chi connectivity index (χ0n) is 16.1. The first kappa shape index (κ1) is 21.0. The molecule has 0 fully saturated rings. The van der Waals surface area contributed by atoms with Crippen LogP contribution in [0.4, 0.5) is 16.2 Å². The molecule has 0 aliphatic heterocycles. The number of carboxylic acid groups (broad SMARTS) is 1. The van der Waals surface area contributed by atoms with Gasteiger partial charge in [0.05, 0.1) is 11.4 Å². The van der Waals surface area contributed by atoms with Gasteiger partial charge in [0.25, 0.3) is 5.91 Å². The van der Waals surface area contributed by atoms with Gasteiger partial charge in [0.1, 0.15) is 5.60 Å². The van der Waals surface area contributed by atoms with E-state index in [1.54, 1.807) is 69.3 Å². The number of carbonyl (C=O) groups excluding carboxylic acids is 2. The van der Waals surface area contributed by atoms with Crippen molar-refractivity contribution in [3.05, 3.63) is 59.7 Å². The third-order valence-electron chi connectivity index (χ3n) is 3.65. The van der Waals surface area contributed by atoms with E-state index < -0.39 is 17.7 Å². The predicted octanol–water partition coefficient (Wildman–Crippen LogP) is 4.30. The number of carbonyl (C=O) groups is 3. The average Bonchev–Trinajstić information content (AvgIpc) is 2.60. The van der Waals surface area contributed by atoms with Crippen molar-refractivity contribution in [2.24, 2.45) is 0 Å². The maximum absolute atomic E-state index is 12.5. The summed E-state index contributed by atoms with van der Waals surface area (Å²) in [5.74, 6) is -1.21. The monoisotopic (exact) mass is 384 g/mol. The van der Waals surface area contributed by atoms with Crippen molar-refractivity contribution in [3.8, 4) is 0 Å². The molecule has 0 heterocycles. The number of hydrogen-bond acceptors (Lipinski definition) is 4. The van der Waals surface area contributed by atoms with Crippen LogP contribution in [0.5, 0.6) is 0 Å². The molecule has 0 saturated heterocycles. The lowest BCUT2D eigenvalue weighted by atomic mass is 10.1. The van der Waals surface area contributed by atoms with E-state index >= 15 is 0 Å². The van der Waals surface area contributed by atoms with Crippen molar-refractivity contribution in [1.82, 2.24) is 0 Å². The van der Waals surface area contributed by atoms with Crippen LogP contribution in [-0.4, -0.2) is 28.7 Å². The Morgan fingerprint density at radius 1 is 0.929 bits per heavy atom. The zero-order chi connectivity index (χ0) is 20.7. The molecule has 0 radical (unpaired) electrons. The lowest BCUT2D eigenvalue weighted by Crippen LogP contribution is -2.27.